The fraction of sp³-hybridized carbons (Fsp3) is 0. The van der Waals surface area contributed by atoms with Crippen LogP contribution in [-0.2, 0) is 0 Å². The van der Waals surface area contributed by atoms with Crippen molar-refractivity contribution in [3.63, 3.8) is 0 Å². The van der Waals surface area contributed by atoms with Gasteiger partial charge in [0.25, 0.3) is 5.91 Å². The van der Waals surface area contributed by atoms with Gasteiger partial charge in [0.2, 0.25) is 0 Å². The molecule has 2 aromatic heterocycles. The van der Waals surface area contributed by atoms with Crippen LogP contribution in [0, 0.1) is 23.3 Å². The van der Waals surface area contributed by atoms with Crippen LogP contribution >= 0.6 is 0 Å². The molecule has 36 heavy (non-hydrogen) atoms. The Morgan fingerprint density at radius 1 is 0.889 bits per heavy atom. The van der Waals surface area contributed by atoms with Crippen LogP contribution in [0.4, 0.5) is 23.2 Å². The molecular weight excluding hydrogens is 476 g/mol. The summed E-state index contributed by atoms with van der Waals surface area (Å²) < 4.78 is 59.3. The number of fused-ring (bicyclic) bond motifs is 1. The average Bonchev–Trinajstić information content (AvgIpc) is 3.42. The Bertz CT molecular complexity index is 1650. The van der Waals surface area contributed by atoms with Crippen molar-refractivity contribution in [3.05, 3.63) is 119 Å². The minimum atomic E-state index is -1.70. The minimum absolute atomic E-state index is 0.127. The monoisotopic (exact) mass is 490 g/mol. The number of hydrogen-bond acceptors (Lipinski definition) is 4. The van der Waals surface area contributed by atoms with E-state index in [2.05, 4.69) is 15.3 Å². The number of nitrogens with zero attached hydrogens (tertiary/aromatic N) is 3. The highest BCUT2D eigenvalue weighted by Crippen LogP contribution is 2.28. The Morgan fingerprint density at radius 3 is 2.47 bits per heavy atom. The number of rotatable bonds is 5. The summed E-state index contributed by atoms with van der Waals surface area (Å²) in [6.07, 6.45) is 6.40. The second-order valence-corrected chi connectivity index (χ2v) is 7.77. The van der Waals surface area contributed by atoms with Crippen molar-refractivity contribution in [3.8, 4) is 5.69 Å². The van der Waals surface area contributed by atoms with Crippen molar-refractivity contribution in [2.24, 2.45) is 0 Å². The Morgan fingerprint density at radius 2 is 1.72 bits per heavy atom. The van der Waals surface area contributed by atoms with Crippen LogP contribution in [0.15, 0.2) is 79.5 Å². The number of imidazole rings is 1. The van der Waals surface area contributed by atoms with Gasteiger partial charge in [0.1, 0.15) is 5.82 Å². The molecule has 0 fully saturated rings. The summed E-state index contributed by atoms with van der Waals surface area (Å²) in [6, 6.07) is 10.8. The van der Waals surface area contributed by atoms with Gasteiger partial charge >= 0.3 is 0 Å². The maximum absolute atomic E-state index is 15.2. The predicted octanol–water partition coefficient (Wildman–Crippen LogP) is 5.46. The lowest BCUT2D eigenvalue weighted by Gasteiger charge is -2.12. The highest BCUT2D eigenvalue weighted by atomic mass is 19.2. The highest BCUT2D eigenvalue weighted by molar-refractivity contribution is 6.12. The molecule has 2 heterocycles. The zero-order chi connectivity index (χ0) is 25.4. The van der Waals surface area contributed by atoms with E-state index in [4.69, 9.17) is 0 Å². The second kappa shape index (κ2) is 9.06. The third kappa shape index (κ3) is 4.20. The normalized spacial score (nSPS) is 11.0. The van der Waals surface area contributed by atoms with Crippen LogP contribution in [-0.4, -0.2) is 26.2 Å². The van der Waals surface area contributed by atoms with E-state index >= 15 is 4.39 Å². The molecule has 0 aliphatic heterocycles. The summed E-state index contributed by atoms with van der Waals surface area (Å²) in [4.78, 5) is 33.7. The summed E-state index contributed by atoms with van der Waals surface area (Å²) >= 11 is 0. The van der Waals surface area contributed by atoms with Crippen molar-refractivity contribution < 1.29 is 27.2 Å². The minimum Gasteiger partial charge on any atom is -0.319 e. The molecule has 10 heteroatoms. The van der Waals surface area contributed by atoms with Gasteiger partial charge in [-0.15, -0.1) is 0 Å². The summed E-state index contributed by atoms with van der Waals surface area (Å²) in [5, 5.41) is 2.55. The zero-order valence-electron chi connectivity index (χ0n) is 18.2. The number of carbonyl (C=O) groups is 2. The summed E-state index contributed by atoms with van der Waals surface area (Å²) in [6.45, 7) is 0. The van der Waals surface area contributed by atoms with Crippen LogP contribution in [0.2, 0.25) is 0 Å². The van der Waals surface area contributed by atoms with Crippen LogP contribution in [0.1, 0.15) is 26.3 Å². The third-order valence-electron chi connectivity index (χ3n) is 5.45. The number of anilines is 1. The number of amides is 1. The summed E-state index contributed by atoms with van der Waals surface area (Å²) in [7, 11) is 0. The Labute approximate surface area is 200 Å². The molecule has 1 N–H and O–H groups in total. The van der Waals surface area contributed by atoms with E-state index in [1.165, 1.54) is 30.3 Å². The van der Waals surface area contributed by atoms with Gasteiger partial charge in [-0.3, -0.25) is 14.6 Å². The smallest absolute Gasteiger partial charge is 0.255 e. The molecule has 5 rings (SSSR count). The highest BCUT2D eigenvalue weighted by Gasteiger charge is 2.26. The predicted molar refractivity (Wildman–Crippen MR) is 123 cm³/mol. The molecule has 0 aliphatic rings. The van der Waals surface area contributed by atoms with E-state index in [0.717, 1.165) is 12.1 Å². The lowest BCUT2D eigenvalue weighted by molar-refractivity contribution is 0.101. The maximum Gasteiger partial charge on any atom is 0.255 e. The number of hydrogen-bond donors (Lipinski definition) is 1. The Balaban J connectivity index is 1.53. The van der Waals surface area contributed by atoms with E-state index in [1.807, 2.05) is 0 Å². The number of ketones is 1. The van der Waals surface area contributed by atoms with Crippen molar-refractivity contribution >= 4 is 28.3 Å². The standard InChI is InChI=1S/C26H14F4N4O2/c27-17-3-1-2-15(9-17)26(36)33-21-11-19(28)23(29)22(24(21)30)25(35)14-4-5-20-16(8-14)10-18(12-32-20)34-7-6-31-13-34/h1-13H,(H,33,36). The number of halogens is 4. The first-order valence-corrected chi connectivity index (χ1v) is 10.5. The largest absolute Gasteiger partial charge is 0.319 e. The molecule has 0 atom stereocenters. The SMILES string of the molecule is O=C(Nc1cc(F)c(F)c(C(=O)c2ccc3ncc(-n4ccnc4)cc3c2)c1F)c1cccc(F)c1. The van der Waals surface area contributed by atoms with Crippen molar-refractivity contribution in [2.75, 3.05) is 5.32 Å². The summed E-state index contributed by atoms with van der Waals surface area (Å²) in [5.74, 6) is -7.53. The van der Waals surface area contributed by atoms with Gasteiger partial charge in [-0.05, 0) is 42.5 Å². The summed E-state index contributed by atoms with van der Waals surface area (Å²) in [5.41, 5.74) is -1.10. The first-order valence-electron chi connectivity index (χ1n) is 10.5. The molecule has 0 saturated carbocycles. The van der Waals surface area contributed by atoms with Gasteiger partial charge in [0.05, 0.1) is 35.0 Å². The van der Waals surface area contributed by atoms with Gasteiger partial charge in [0, 0.05) is 35.0 Å². The van der Waals surface area contributed by atoms with Gasteiger partial charge in [-0.1, -0.05) is 6.07 Å². The van der Waals surface area contributed by atoms with Gasteiger partial charge < -0.3 is 9.88 Å². The molecule has 0 aliphatic carbocycles. The van der Waals surface area contributed by atoms with Crippen LogP contribution in [0.25, 0.3) is 16.6 Å². The number of aromatic nitrogens is 3. The molecule has 0 bridgehead atoms. The fourth-order valence-electron chi connectivity index (χ4n) is 3.68. The first-order chi connectivity index (χ1) is 17.3. The van der Waals surface area contributed by atoms with Crippen molar-refractivity contribution in [1.29, 1.82) is 0 Å². The quantitative estimate of drug-likeness (QED) is 0.202. The number of carbonyl (C=O) groups excluding carboxylic acids is 2. The van der Waals surface area contributed by atoms with E-state index in [9.17, 15) is 22.8 Å². The zero-order valence-corrected chi connectivity index (χ0v) is 18.2. The molecule has 178 valence electrons. The lowest BCUT2D eigenvalue weighted by Crippen LogP contribution is -2.17. The van der Waals surface area contributed by atoms with E-state index in [1.54, 1.807) is 35.6 Å². The molecule has 1 amide bonds. The van der Waals surface area contributed by atoms with Gasteiger partial charge in [-0.2, -0.15) is 0 Å². The Kier molecular flexibility index (Phi) is 5.77. The molecule has 0 spiro atoms. The van der Waals surface area contributed by atoms with E-state index in [-0.39, 0.29) is 11.1 Å². The molecule has 0 unspecified atom stereocenters. The first kappa shape index (κ1) is 22.9. The lowest BCUT2D eigenvalue weighted by atomic mass is 9.99. The molecule has 5 aromatic rings. The van der Waals surface area contributed by atoms with Crippen LogP contribution in [0.5, 0.6) is 0 Å². The van der Waals surface area contributed by atoms with Gasteiger partial charge in [-0.25, -0.2) is 22.5 Å². The third-order valence-corrected chi connectivity index (χ3v) is 5.45. The van der Waals surface area contributed by atoms with Crippen LogP contribution in [0.3, 0.4) is 0 Å². The van der Waals surface area contributed by atoms with Crippen LogP contribution < -0.4 is 5.32 Å². The van der Waals surface area contributed by atoms with Gasteiger partial charge in [0.15, 0.2) is 23.2 Å². The second-order valence-electron chi connectivity index (χ2n) is 7.77. The number of benzene rings is 3. The van der Waals surface area contributed by atoms with E-state index in [0.29, 0.717) is 22.7 Å². The van der Waals surface area contributed by atoms with E-state index < -0.39 is 46.2 Å². The average molecular weight is 490 g/mol. The number of pyridine rings is 1. The molecular formula is C26H14F4N4O2. The number of nitrogens with one attached hydrogen (secondary N) is 1. The molecule has 0 radical (unpaired) electrons. The van der Waals surface area contributed by atoms with Crippen molar-refractivity contribution in [2.45, 2.75) is 0 Å². The van der Waals surface area contributed by atoms with Crippen molar-refractivity contribution in [1.82, 2.24) is 14.5 Å². The topological polar surface area (TPSA) is 76.9 Å². The molecule has 3 aromatic carbocycles. The molecule has 0 saturated heterocycles. The molecule has 6 nitrogen and oxygen atoms in total. The Hall–Kier alpha value is -4.86. The fourth-order valence-corrected chi connectivity index (χ4v) is 3.68. The maximum atomic E-state index is 15.2.